The molecule has 1 saturated heterocycles. The zero-order valence-corrected chi connectivity index (χ0v) is 17.9. The Bertz CT molecular complexity index is 1060. The molecule has 154 valence electrons. The largest absolute Gasteiger partial charge is 0.312 e. The minimum absolute atomic E-state index is 0.00780. The molecule has 30 heavy (non-hydrogen) atoms. The number of carbonyl (C=O) groups is 2. The number of amides is 2. The lowest BCUT2D eigenvalue weighted by Crippen LogP contribution is -2.24. The second-order valence-corrected chi connectivity index (χ2v) is 8.66. The third kappa shape index (κ3) is 4.57. The number of carbonyl (C=O) groups excluding carboxylic acids is 2. The first-order chi connectivity index (χ1) is 14.5. The highest BCUT2D eigenvalue weighted by Crippen LogP contribution is 2.34. The zero-order valence-electron chi connectivity index (χ0n) is 17.1. The Morgan fingerprint density at radius 3 is 2.70 bits per heavy atom. The van der Waals surface area contributed by atoms with Crippen LogP contribution in [0.15, 0.2) is 48.5 Å². The van der Waals surface area contributed by atoms with E-state index in [9.17, 15) is 9.59 Å². The summed E-state index contributed by atoms with van der Waals surface area (Å²) in [4.78, 5) is 26.6. The van der Waals surface area contributed by atoms with Gasteiger partial charge in [0.25, 0.3) is 0 Å². The van der Waals surface area contributed by atoms with Crippen LogP contribution >= 0.6 is 11.3 Å². The molecule has 1 atom stereocenters. The molecule has 0 aliphatic carbocycles. The van der Waals surface area contributed by atoms with Gasteiger partial charge in [0.05, 0.1) is 0 Å². The molecule has 7 heteroatoms. The van der Waals surface area contributed by atoms with Gasteiger partial charge in [-0.1, -0.05) is 47.7 Å². The summed E-state index contributed by atoms with van der Waals surface area (Å²) in [5.41, 5.74) is 4.42. The van der Waals surface area contributed by atoms with E-state index in [1.807, 2.05) is 60.4 Å². The summed E-state index contributed by atoms with van der Waals surface area (Å²) < 4.78 is 0. The predicted octanol–water partition coefficient (Wildman–Crippen LogP) is 4.25. The van der Waals surface area contributed by atoms with Crippen LogP contribution in [0.4, 0.5) is 10.8 Å². The molecule has 0 unspecified atom stereocenters. The first kappa shape index (κ1) is 20.2. The number of aryl methyl sites for hydroxylation is 3. The van der Waals surface area contributed by atoms with Crippen molar-refractivity contribution in [3.63, 3.8) is 0 Å². The minimum Gasteiger partial charge on any atom is -0.312 e. The van der Waals surface area contributed by atoms with Crippen molar-refractivity contribution in [1.82, 2.24) is 10.2 Å². The van der Waals surface area contributed by atoms with Crippen LogP contribution in [0.2, 0.25) is 0 Å². The van der Waals surface area contributed by atoms with E-state index in [1.165, 1.54) is 22.5 Å². The molecule has 3 aromatic rings. The lowest BCUT2D eigenvalue weighted by Gasteiger charge is -2.17. The van der Waals surface area contributed by atoms with Crippen LogP contribution < -0.4 is 10.2 Å². The molecule has 0 bridgehead atoms. The van der Waals surface area contributed by atoms with E-state index in [4.69, 9.17) is 0 Å². The van der Waals surface area contributed by atoms with Gasteiger partial charge < -0.3 is 10.2 Å². The summed E-state index contributed by atoms with van der Waals surface area (Å²) in [6.45, 7) is 4.69. The third-order valence-corrected chi connectivity index (χ3v) is 6.45. The van der Waals surface area contributed by atoms with Crippen LogP contribution in [0.1, 0.15) is 40.5 Å². The number of benzene rings is 2. The normalized spacial score (nSPS) is 16.1. The van der Waals surface area contributed by atoms with Crippen molar-refractivity contribution >= 4 is 34.0 Å². The van der Waals surface area contributed by atoms with Crippen molar-refractivity contribution in [2.45, 2.75) is 39.0 Å². The Morgan fingerprint density at radius 2 is 1.93 bits per heavy atom. The van der Waals surface area contributed by atoms with Crippen LogP contribution in [0.25, 0.3) is 0 Å². The van der Waals surface area contributed by atoms with Gasteiger partial charge in [0.15, 0.2) is 0 Å². The zero-order chi connectivity index (χ0) is 21.1. The van der Waals surface area contributed by atoms with Crippen LogP contribution in [0, 0.1) is 13.8 Å². The molecule has 2 amide bonds. The summed E-state index contributed by atoms with van der Waals surface area (Å²) in [6, 6.07) is 16.0. The third-order valence-electron chi connectivity index (χ3n) is 5.45. The van der Waals surface area contributed by atoms with Gasteiger partial charge in [-0.3, -0.25) is 9.59 Å². The first-order valence-electron chi connectivity index (χ1n) is 10.0. The second kappa shape index (κ2) is 8.75. The maximum Gasteiger partial charge on any atom is 0.227 e. The number of aromatic nitrogens is 2. The smallest absolute Gasteiger partial charge is 0.227 e. The molecule has 2 heterocycles. The number of anilines is 2. The molecule has 2 aromatic carbocycles. The average molecular weight is 421 g/mol. The predicted molar refractivity (Wildman–Crippen MR) is 119 cm³/mol. The van der Waals surface area contributed by atoms with Crippen molar-refractivity contribution < 1.29 is 9.59 Å². The van der Waals surface area contributed by atoms with Crippen LogP contribution in [0.5, 0.6) is 0 Å². The highest BCUT2D eigenvalue weighted by atomic mass is 32.1. The fraction of sp³-hybridized carbons (Fsp3) is 0.304. The number of rotatable bonds is 6. The molecule has 1 aliphatic heterocycles. The highest BCUT2D eigenvalue weighted by molar-refractivity contribution is 7.15. The van der Waals surface area contributed by atoms with Crippen molar-refractivity contribution in [1.29, 1.82) is 0 Å². The summed E-state index contributed by atoms with van der Waals surface area (Å²) >= 11 is 1.35. The lowest BCUT2D eigenvalue weighted by molar-refractivity contribution is -0.117. The van der Waals surface area contributed by atoms with E-state index in [2.05, 4.69) is 22.4 Å². The van der Waals surface area contributed by atoms with E-state index in [0.717, 1.165) is 16.3 Å². The van der Waals surface area contributed by atoms with Gasteiger partial charge in [-0.25, -0.2) is 0 Å². The fourth-order valence-corrected chi connectivity index (χ4v) is 4.40. The van der Waals surface area contributed by atoms with Crippen molar-refractivity contribution in [2.75, 3.05) is 16.8 Å². The van der Waals surface area contributed by atoms with Crippen molar-refractivity contribution in [2.24, 2.45) is 0 Å². The van der Waals surface area contributed by atoms with Gasteiger partial charge >= 0.3 is 0 Å². The molecular formula is C23H24N4O2S. The molecule has 1 aromatic heterocycles. The standard InChI is InChI=1S/C23H24N4O2S/c1-15-8-10-19(12-16(15)2)27-14-18(13-21(27)29)22-25-26-23(30-22)24-20(28)11-9-17-6-4-3-5-7-17/h3-8,10,12,18H,9,11,13-14H2,1-2H3,(H,24,26,28)/t18-/m1/s1. The van der Waals surface area contributed by atoms with Gasteiger partial charge in [0.2, 0.25) is 16.9 Å². The van der Waals surface area contributed by atoms with Crippen molar-refractivity contribution in [3.8, 4) is 0 Å². The molecule has 0 saturated carbocycles. The average Bonchev–Trinajstić information content (AvgIpc) is 3.36. The maximum absolute atomic E-state index is 12.6. The Balaban J connectivity index is 1.36. The van der Waals surface area contributed by atoms with Gasteiger partial charge in [0.1, 0.15) is 5.01 Å². The highest BCUT2D eigenvalue weighted by Gasteiger charge is 2.34. The lowest BCUT2D eigenvalue weighted by atomic mass is 10.1. The summed E-state index contributed by atoms with van der Waals surface area (Å²) in [6.07, 6.45) is 1.48. The summed E-state index contributed by atoms with van der Waals surface area (Å²) in [5, 5.41) is 12.5. The quantitative estimate of drug-likeness (QED) is 0.647. The van der Waals surface area contributed by atoms with Crippen LogP contribution in [0.3, 0.4) is 0 Å². The van der Waals surface area contributed by atoms with Gasteiger partial charge in [-0.05, 0) is 49.1 Å². The van der Waals surface area contributed by atoms with E-state index < -0.39 is 0 Å². The number of nitrogens with one attached hydrogen (secondary N) is 1. The fourth-order valence-electron chi connectivity index (χ4n) is 3.55. The van der Waals surface area contributed by atoms with Crippen LogP contribution in [-0.4, -0.2) is 28.6 Å². The Hall–Kier alpha value is -3.06. The monoisotopic (exact) mass is 420 g/mol. The molecule has 0 radical (unpaired) electrons. The minimum atomic E-state index is -0.0826. The summed E-state index contributed by atoms with van der Waals surface area (Å²) in [7, 11) is 0. The first-order valence-corrected chi connectivity index (χ1v) is 10.9. The van der Waals surface area contributed by atoms with Crippen molar-refractivity contribution in [3.05, 3.63) is 70.2 Å². The van der Waals surface area contributed by atoms with E-state index in [-0.39, 0.29) is 17.7 Å². The van der Waals surface area contributed by atoms with Crippen LogP contribution in [-0.2, 0) is 16.0 Å². The number of hydrogen-bond donors (Lipinski definition) is 1. The molecule has 1 N–H and O–H groups in total. The number of hydrogen-bond acceptors (Lipinski definition) is 5. The molecule has 1 aliphatic rings. The Morgan fingerprint density at radius 1 is 1.13 bits per heavy atom. The Kier molecular flexibility index (Phi) is 5.90. The summed E-state index contributed by atoms with van der Waals surface area (Å²) in [5.74, 6) is -0.000659. The van der Waals surface area contributed by atoms with Gasteiger partial charge in [0, 0.05) is 31.0 Å². The van der Waals surface area contributed by atoms with E-state index in [1.54, 1.807) is 0 Å². The number of nitrogens with zero attached hydrogens (tertiary/aromatic N) is 3. The maximum atomic E-state index is 12.6. The van der Waals surface area contributed by atoms with E-state index >= 15 is 0 Å². The van der Waals surface area contributed by atoms with E-state index in [0.29, 0.717) is 30.9 Å². The molecule has 4 rings (SSSR count). The van der Waals surface area contributed by atoms with Gasteiger partial charge in [-0.2, -0.15) is 0 Å². The molecule has 0 spiro atoms. The second-order valence-electron chi connectivity index (χ2n) is 7.65. The Labute approximate surface area is 180 Å². The molecular weight excluding hydrogens is 396 g/mol. The topological polar surface area (TPSA) is 75.2 Å². The SMILES string of the molecule is Cc1ccc(N2C[C@H](c3nnc(NC(=O)CCc4ccccc4)s3)CC2=O)cc1C. The molecule has 6 nitrogen and oxygen atoms in total. The van der Waals surface area contributed by atoms with Gasteiger partial charge in [-0.15, -0.1) is 10.2 Å². The molecule has 1 fully saturated rings.